The number of benzene rings is 1. The lowest BCUT2D eigenvalue weighted by Crippen LogP contribution is -2.34. The second kappa shape index (κ2) is 4.37. The number of thiol groups is 1. The maximum atomic E-state index is 13.2. The van der Waals surface area contributed by atoms with Gasteiger partial charge < -0.3 is 5.11 Å². The number of rotatable bonds is 2. The number of aliphatic carboxylic acids is 1. The number of carboxylic acid groups (broad SMARTS) is 1. The highest BCUT2D eigenvalue weighted by Gasteiger charge is 2.39. The molecule has 0 unspecified atom stereocenters. The normalized spacial score (nSPS) is 23.3. The van der Waals surface area contributed by atoms with Gasteiger partial charge in [-0.1, -0.05) is 30.4 Å². The Morgan fingerprint density at radius 2 is 2.24 bits per heavy atom. The average molecular weight is 250 g/mol. The summed E-state index contributed by atoms with van der Waals surface area (Å²) in [6.45, 7) is 0. The van der Waals surface area contributed by atoms with Crippen LogP contribution in [-0.2, 0) is 4.79 Å². The van der Waals surface area contributed by atoms with E-state index in [1.54, 1.807) is 30.4 Å². The summed E-state index contributed by atoms with van der Waals surface area (Å²) in [5, 5.41) is 9.25. The summed E-state index contributed by atoms with van der Waals surface area (Å²) in [6.07, 6.45) is 5.45. The summed E-state index contributed by atoms with van der Waals surface area (Å²) >= 11 is 4.24. The third-order valence-electron chi connectivity index (χ3n) is 2.75. The first-order valence-electron chi connectivity index (χ1n) is 5.13. The van der Waals surface area contributed by atoms with E-state index in [4.69, 9.17) is 0 Å². The first kappa shape index (κ1) is 11.9. The molecule has 2 rings (SSSR count). The molecule has 0 saturated heterocycles. The molecule has 0 fully saturated rings. The van der Waals surface area contributed by atoms with Crippen molar-refractivity contribution in [3.8, 4) is 0 Å². The van der Waals surface area contributed by atoms with Gasteiger partial charge in [-0.05, 0) is 29.7 Å². The largest absolute Gasteiger partial charge is 0.480 e. The van der Waals surface area contributed by atoms with E-state index in [0.29, 0.717) is 11.1 Å². The molecule has 1 N–H and O–H groups in total. The van der Waals surface area contributed by atoms with Crippen LogP contribution < -0.4 is 0 Å². The van der Waals surface area contributed by atoms with Gasteiger partial charge >= 0.3 is 5.97 Å². The lowest BCUT2D eigenvalue weighted by atomic mass is 9.85. The molecule has 1 aromatic rings. The molecule has 88 valence electrons. The van der Waals surface area contributed by atoms with Crippen LogP contribution in [0.25, 0.3) is 5.57 Å². The molecular formula is C13H11FO2S. The maximum absolute atomic E-state index is 13.2. The van der Waals surface area contributed by atoms with Gasteiger partial charge in [0.05, 0.1) is 0 Å². The second-order valence-electron chi connectivity index (χ2n) is 3.89. The Balaban J connectivity index is 2.52. The van der Waals surface area contributed by atoms with Crippen molar-refractivity contribution in [1.82, 2.24) is 0 Å². The Hall–Kier alpha value is -1.55. The van der Waals surface area contributed by atoms with E-state index in [1.807, 2.05) is 0 Å². The van der Waals surface area contributed by atoms with Gasteiger partial charge in [-0.15, -0.1) is 0 Å². The van der Waals surface area contributed by atoms with E-state index >= 15 is 0 Å². The van der Waals surface area contributed by atoms with Crippen molar-refractivity contribution >= 4 is 24.2 Å². The molecule has 0 aliphatic heterocycles. The fourth-order valence-corrected chi connectivity index (χ4v) is 2.15. The molecule has 1 atom stereocenters. The van der Waals surface area contributed by atoms with Crippen molar-refractivity contribution in [2.45, 2.75) is 11.2 Å². The lowest BCUT2D eigenvalue weighted by molar-refractivity contribution is -0.138. The van der Waals surface area contributed by atoms with Crippen molar-refractivity contribution in [2.75, 3.05) is 0 Å². The van der Waals surface area contributed by atoms with Gasteiger partial charge in [0.1, 0.15) is 10.6 Å². The predicted molar refractivity (Wildman–Crippen MR) is 67.5 cm³/mol. The van der Waals surface area contributed by atoms with Crippen LogP contribution in [0.3, 0.4) is 0 Å². The van der Waals surface area contributed by atoms with Gasteiger partial charge in [0, 0.05) is 0 Å². The van der Waals surface area contributed by atoms with Crippen molar-refractivity contribution in [2.24, 2.45) is 0 Å². The summed E-state index contributed by atoms with van der Waals surface area (Å²) in [7, 11) is 0. The zero-order valence-corrected chi connectivity index (χ0v) is 9.82. The Morgan fingerprint density at radius 1 is 1.47 bits per heavy atom. The summed E-state index contributed by atoms with van der Waals surface area (Å²) < 4.78 is 11.9. The molecule has 4 heteroatoms. The zero-order valence-electron chi connectivity index (χ0n) is 8.93. The highest BCUT2D eigenvalue weighted by atomic mass is 32.1. The molecule has 0 amide bonds. The van der Waals surface area contributed by atoms with Crippen molar-refractivity contribution in [3.63, 3.8) is 0 Å². The summed E-state index contributed by atoms with van der Waals surface area (Å²) in [5.41, 5.74) is 1.06. The number of carboxylic acids is 1. The third kappa shape index (κ3) is 2.13. The van der Waals surface area contributed by atoms with Gasteiger partial charge in [0.2, 0.25) is 0 Å². The van der Waals surface area contributed by atoms with Crippen LogP contribution in [-0.4, -0.2) is 15.8 Å². The Morgan fingerprint density at radius 3 is 2.88 bits per heavy atom. The molecule has 1 aromatic carbocycles. The van der Waals surface area contributed by atoms with Crippen LogP contribution in [0.4, 0.5) is 4.39 Å². The minimum atomic E-state index is -1.29. The highest BCUT2D eigenvalue weighted by molar-refractivity contribution is 7.83. The molecule has 0 bridgehead atoms. The Labute approximate surface area is 104 Å². The lowest BCUT2D eigenvalue weighted by Gasteiger charge is -2.28. The minimum Gasteiger partial charge on any atom is -0.480 e. The van der Waals surface area contributed by atoms with E-state index in [-0.39, 0.29) is 12.2 Å². The number of hydrogen-bond donors (Lipinski definition) is 2. The quantitative estimate of drug-likeness (QED) is 0.792. The topological polar surface area (TPSA) is 37.3 Å². The molecule has 17 heavy (non-hydrogen) atoms. The average Bonchev–Trinajstić information content (AvgIpc) is 2.29. The molecular weight excluding hydrogens is 239 g/mol. The van der Waals surface area contributed by atoms with Crippen LogP contribution in [0.2, 0.25) is 0 Å². The van der Waals surface area contributed by atoms with Crippen molar-refractivity contribution in [1.29, 1.82) is 0 Å². The first-order chi connectivity index (χ1) is 8.04. The van der Waals surface area contributed by atoms with E-state index in [0.717, 1.165) is 0 Å². The first-order valence-corrected chi connectivity index (χ1v) is 5.58. The summed E-state index contributed by atoms with van der Waals surface area (Å²) in [6, 6.07) is 5.88. The third-order valence-corrected chi connectivity index (χ3v) is 3.36. The SMILES string of the molecule is O=C(O)[C@]1(S)CC=CC=C1c1cccc(F)c1. The van der Waals surface area contributed by atoms with Gasteiger partial charge in [-0.2, -0.15) is 12.6 Å². The smallest absolute Gasteiger partial charge is 0.324 e. The van der Waals surface area contributed by atoms with Crippen LogP contribution in [0, 0.1) is 5.82 Å². The predicted octanol–water partition coefficient (Wildman–Crippen LogP) is 2.92. The van der Waals surface area contributed by atoms with Gasteiger partial charge in [0.25, 0.3) is 0 Å². The second-order valence-corrected chi connectivity index (χ2v) is 4.65. The van der Waals surface area contributed by atoms with E-state index in [9.17, 15) is 14.3 Å². The summed E-state index contributed by atoms with van der Waals surface area (Å²) in [5.74, 6) is -1.42. The van der Waals surface area contributed by atoms with Gasteiger partial charge in [-0.25, -0.2) is 4.39 Å². The van der Waals surface area contributed by atoms with Crippen molar-refractivity contribution in [3.05, 3.63) is 53.9 Å². The standard InChI is InChI=1S/C13H11FO2S/c14-10-5-3-4-9(8-10)11-6-1-2-7-13(11,17)12(15)16/h1-6,8,17H,7H2,(H,15,16)/t13-/m0/s1. The number of halogens is 1. The van der Waals surface area contributed by atoms with E-state index in [2.05, 4.69) is 12.6 Å². The number of carbonyl (C=O) groups is 1. The molecule has 0 radical (unpaired) electrons. The molecule has 0 aromatic heterocycles. The van der Waals surface area contributed by atoms with E-state index in [1.165, 1.54) is 12.1 Å². The fourth-order valence-electron chi connectivity index (χ4n) is 1.84. The van der Waals surface area contributed by atoms with Crippen LogP contribution >= 0.6 is 12.6 Å². The van der Waals surface area contributed by atoms with Crippen LogP contribution in [0.1, 0.15) is 12.0 Å². The Kier molecular flexibility index (Phi) is 3.07. The molecule has 0 heterocycles. The monoisotopic (exact) mass is 250 g/mol. The van der Waals surface area contributed by atoms with Crippen LogP contribution in [0.5, 0.6) is 0 Å². The Bertz CT molecular complexity index is 522. The molecule has 2 nitrogen and oxygen atoms in total. The minimum absolute atomic E-state index is 0.286. The van der Waals surface area contributed by atoms with Crippen molar-refractivity contribution < 1.29 is 14.3 Å². The molecule has 1 aliphatic rings. The highest BCUT2D eigenvalue weighted by Crippen LogP contribution is 2.39. The summed E-state index contributed by atoms with van der Waals surface area (Å²) in [4.78, 5) is 11.3. The number of allylic oxidation sites excluding steroid dienone is 3. The maximum Gasteiger partial charge on any atom is 0.324 e. The van der Waals surface area contributed by atoms with Gasteiger partial charge in [-0.3, -0.25) is 4.79 Å². The van der Waals surface area contributed by atoms with Crippen LogP contribution in [0.15, 0.2) is 42.5 Å². The molecule has 1 aliphatic carbocycles. The molecule has 0 spiro atoms. The van der Waals surface area contributed by atoms with Gasteiger partial charge in [0.15, 0.2) is 0 Å². The van der Waals surface area contributed by atoms with E-state index < -0.39 is 10.7 Å². The number of hydrogen-bond acceptors (Lipinski definition) is 2. The molecule has 0 saturated carbocycles. The zero-order chi connectivity index (χ0) is 12.5. The fraction of sp³-hybridized carbons (Fsp3) is 0.154.